The number of benzene rings is 1. The number of carbonyl (C=O) groups excluding carboxylic acids is 1. The van der Waals surface area contributed by atoms with Gasteiger partial charge in [0.05, 0.1) is 6.54 Å². The van der Waals surface area contributed by atoms with Crippen LogP contribution in [0.25, 0.3) is 0 Å². The van der Waals surface area contributed by atoms with Gasteiger partial charge in [-0.2, -0.15) is 0 Å². The Balaban J connectivity index is 1.60. The lowest BCUT2D eigenvalue weighted by Crippen LogP contribution is -2.48. The van der Waals surface area contributed by atoms with Crippen LogP contribution in [-0.2, 0) is 13.6 Å². The first-order valence-electron chi connectivity index (χ1n) is 9.13. The molecule has 1 fully saturated rings. The molecular weight excluding hydrogens is 328 g/mol. The maximum Gasteiger partial charge on any atom is 0.254 e. The Hall–Kier alpha value is -2.41. The van der Waals surface area contributed by atoms with E-state index in [2.05, 4.69) is 46.0 Å². The number of rotatable bonds is 5. The van der Waals surface area contributed by atoms with Gasteiger partial charge < -0.3 is 14.4 Å². The van der Waals surface area contributed by atoms with Crippen molar-refractivity contribution >= 4 is 11.6 Å². The van der Waals surface area contributed by atoms with Crippen molar-refractivity contribution in [2.45, 2.75) is 26.4 Å². The number of hydrogen-bond donors (Lipinski definition) is 0. The largest absolute Gasteiger partial charge is 0.369 e. The normalized spacial score (nSPS) is 15.5. The quantitative estimate of drug-likeness (QED) is 0.815. The smallest absolute Gasteiger partial charge is 0.254 e. The van der Waals surface area contributed by atoms with Crippen molar-refractivity contribution < 1.29 is 4.79 Å². The molecule has 1 amide bonds. The number of aryl methyl sites for hydroxylation is 1. The number of carbonyl (C=O) groups is 1. The van der Waals surface area contributed by atoms with Gasteiger partial charge in [-0.3, -0.25) is 9.69 Å². The molecule has 0 spiro atoms. The summed E-state index contributed by atoms with van der Waals surface area (Å²) in [7, 11) is 3.66. The molecule has 7 nitrogen and oxygen atoms in total. The number of hydrogen-bond acceptors (Lipinski definition) is 5. The highest BCUT2D eigenvalue weighted by atomic mass is 16.2. The zero-order chi connectivity index (χ0) is 18.7. The Morgan fingerprint density at radius 2 is 1.81 bits per heavy atom. The standard InChI is InChI=1S/C19H28N6O/c1-15(2)24-9-11-25(12-10-24)17-7-5-16(6-8-17)19(26)22(3)13-18-21-20-14-23(18)4/h5-8,14-15H,9-13H2,1-4H3. The zero-order valence-corrected chi connectivity index (χ0v) is 16.1. The summed E-state index contributed by atoms with van der Waals surface area (Å²) in [6, 6.07) is 8.53. The maximum atomic E-state index is 12.6. The van der Waals surface area contributed by atoms with Crippen molar-refractivity contribution in [3.05, 3.63) is 42.0 Å². The topological polar surface area (TPSA) is 57.5 Å². The van der Waals surface area contributed by atoms with Gasteiger partial charge in [0.15, 0.2) is 5.82 Å². The molecule has 0 atom stereocenters. The first kappa shape index (κ1) is 18.4. The average Bonchev–Trinajstić information content (AvgIpc) is 3.06. The van der Waals surface area contributed by atoms with E-state index in [1.54, 1.807) is 18.3 Å². The van der Waals surface area contributed by atoms with Crippen LogP contribution in [0.15, 0.2) is 30.6 Å². The molecule has 1 aromatic carbocycles. The monoisotopic (exact) mass is 356 g/mol. The van der Waals surface area contributed by atoms with Crippen molar-refractivity contribution in [3.8, 4) is 0 Å². The molecule has 0 saturated carbocycles. The maximum absolute atomic E-state index is 12.6. The predicted molar refractivity (Wildman–Crippen MR) is 102 cm³/mol. The highest BCUT2D eigenvalue weighted by Gasteiger charge is 2.20. The third-order valence-electron chi connectivity index (χ3n) is 5.05. The molecule has 0 bridgehead atoms. The van der Waals surface area contributed by atoms with Crippen molar-refractivity contribution in [1.29, 1.82) is 0 Å². The molecule has 1 saturated heterocycles. The summed E-state index contributed by atoms with van der Waals surface area (Å²) >= 11 is 0. The van der Waals surface area contributed by atoms with Gasteiger partial charge in [-0.05, 0) is 38.1 Å². The second-order valence-corrected chi connectivity index (χ2v) is 7.18. The highest BCUT2D eigenvalue weighted by Crippen LogP contribution is 2.19. The lowest BCUT2D eigenvalue weighted by Gasteiger charge is -2.38. The van der Waals surface area contributed by atoms with Crippen molar-refractivity contribution in [2.75, 3.05) is 38.1 Å². The molecule has 2 aromatic rings. The van der Waals surface area contributed by atoms with E-state index >= 15 is 0 Å². The number of anilines is 1. The molecular formula is C19H28N6O. The summed E-state index contributed by atoms with van der Waals surface area (Å²) in [4.78, 5) is 19.2. The minimum absolute atomic E-state index is 0.0100. The number of piperazine rings is 1. The van der Waals surface area contributed by atoms with E-state index in [0.717, 1.165) is 32.0 Å². The van der Waals surface area contributed by atoms with E-state index in [-0.39, 0.29) is 5.91 Å². The number of aromatic nitrogens is 3. The van der Waals surface area contributed by atoms with Crippen LogP contribution < -0.4 is 4.90 Å². The summed E-state index contributed by atoms with van der Waals surface area (Å²) in [6.07, 6.45) is 1.64. The first-order chi connectivity index (χ1) is 12.5. The third-order valence-corrected chi connectivity index (χ3v) is 5.05. The average molecular weight is 356 g/mol. The fourth-order valence-corrected chi connectivity index (χ4v) is 3.27. The molecule has 0 aliphatic carbocycles. The summed E-state index contributed by atoms with van der Waals surface area (Å²) < 4.78 is 1.82. The minimum Gasteiger partial charge on any atom is -0.369 e. The van der Waals surface area contributed by atoms with E-state index in [4.69, 9.17) is 0 Å². The molecule has 0 radical (unpaired) electrons. The predicted octanol–water partition coefficient (Wildman–Crippen LogP) is 1.62. The molecule has 3 rings (SSSR count). The van der Waals surface area contributed by atoms with E-state index in [1.807, 2.05) is 23.7 Å². The molecule has 140 valence electrons. The van der Waals surface area contributed by atoms with Crippen LogP contribution in [0.5, 0.6) is 0 Å². The van der Waals surface area contributed by atoms with Crippen LogP contribution in [0.2, 0.25) is 0 Å². The molecule has 2 heterocycles. The van der Waals surface area contributed by atoms with E-state index < -0.39 is 0 Å². The lowest BCUT2D eigenvalue weighted by atomic mass is 10.1. The van der Waals surface area contributed by atoms with Crippen LogP contribution in [-0.4, -0.2) is 69.7 Å². The Kier molecular flexibility index (Phi) is 5.56. The fourth-order valence-electron chi connectivity index (χ4n) is 3.27. The SMILES string of the molecule is CC(C)N1CCN(c2ccc(C(=O)N(C)Cc3nncn3C)cc2)CC1. The second-order valence-electron chi connectivity index (χ2n) is 7.18. The van der Waals surface area contributed by atoms with Crippen LogP contribution in [0.1, 0.15) is 30.0 Å². The Morgan fingerprint density at radius 3 is 2.35 bits per heavy atom. The second kappa shape index (κ2) is 7.86. The van der Waals surface area contributed by atoms with Gasteiger partial charge in [-0.15, -0.1) is 10.2 Å². The first-order valence-corrected chi connectivity index (χ1v) is 9.13. The van der Waals surface area contributed by atoms with E-state index in [9.17, 15) is 4.79 Å². The Labute approximate surface area is 155 Å². The summed E-state index contributed by atoms with van der Waals surface area (Å²) in [5, 5.41) is 7.89. The van der Waals surface area contributed by atoms with Crippen LogP contribution in [0.4, 0.5) is 5.69 Å². The molecule has 0 N–H and O–H groups in total. The van der Waals surface area contributed by atoms with E-state index in [1.165, 1.54) is 5.69 Å². The number of amides is 1. The van der Waals surface area contributed by atoms with E-state index in [0.29, 0.717) is 18.2 Å². The van der Waals surface area contributed by atoms with Crippen LogP contribution >= 0.6 is 0 Å². The molecule has 1 aromatic heterocycles. The molecule has 1 aliphatic heterocycles. The summed E-state index contributed by atoms with van der Waals surface area (Å²) in [5.41, 5.74) is 1.88. The van der Waals surface area contributed by atoms with Crippen LogP contribution in [0, 0.1) is 0 Å². The summed E-state index contributed by atoms with van der Waals surface area (Å²) in [5.74, 6) is 0.754. The lowest BCUT2D eigenvalue weighted by molar-refractivity contribution is 0.0780. The van der Waals surface area contributed by atoms with Crippen molar-refractivity contribution in [2.24, 2.45) is 7.05 Å². The van der Waals surface area contributed by atoms with Gasteiger partial charge in [-0.25, -0.2) is 0 Å². The highest BCUT2D eigenvalue weighted by molar-refractivity contribution is 5.94. The van der Waals surface area contributed by atoms with Gasteiger partial charge in [0.2, 0.25) is 0 Å². The fraction of sp³-hybridized carbons (Fsp3) is 0.526. The van der Waals surface area contributed by atoms with Crippen molar-refractivity contribution in [1.82, 2.24) is 24.6 Å². The number of nitrogens with zero attached hydrogens (tertiary/aromatic N) is 6. The molecule has 1 aliphatic rings. The minimum atomic E-state index is -0.0100. The van der Waals surface area contributed by atoms with Gasteiger partial charge in [0, 0.05) is 57.6 Å². The third kappa shape index (κ3) is 4.04. The van der Waals surface area contributed by atoms with Crippen LogP contribution in [0.3, 0.4) is 0 Å². The zero-order valence-electron chi connectivity index (χ0n) is 16.1. The van der Waals surface area contributed by atoms with Gasteiger partial charge >= 0.3 is 0 Å². The van der Waals surface area contributed by atoms with Gasteiger partial charge in [0.1, 0.15) is 6.33 Å². The Morgan fingerprint density at radius 1 is 1.15 bits per heavy atom. The van der Waals surface area contributed by atoms with Gasteiger partial charge in [0.25, 0.3) is 5.91 Å². The van der Waals surface area contributed by atoms with Crippen molar-refractivity contribution in [3.63, 3.8) is 0 Å². The Bertz CT molecular complexity index is 731. The summed E-state index contributed by atoms with van der Waals surface area (Å²) in [6.45, 7) is 9.14. The molecule has 26 heavy (non-hydrogen) atoms. The van der Waals surface area contributed by atoms with Gasteiger partial charge in [-0.1, -0.05) is 0 Å². The molecule has 0 unspecified atom stereocenters. The molecule has 7 heteroatoms.